The molecule has 1 amide bonds. The van der Waals surface area contributed by atoms with Crippen LogP contribution in [-0.2, 0) is 24.3 Å². The Morgan fingerprint density at radius 1 is 1.18 bits per heavy atom. The van der Waals surface area contributed by atoms with E-state index in [4.69, 9.17) is 4.74 Å². The first-order chi connectivity index (χ1) is 16.2. The van der Waals surface area contributed by atoms with Crippen LogP contribution < -0.4 is 10.9 Å². The van der Waals surface area contributed by atoms with Gasteiger partial charge in [0.2, 0.25) is 0 Å². The molecule has 1 aromatic carbocycles. The molecule has 0 bridgehead atoms. The molecular weight excluding hydrogens is 418 g/mol. The second-order valence-electron chi connectivity index (χ2n) is 8.79. The zero-order valence-corrected chi connectivity index (χ0v) is 18.7. The van der Waals surface area contributed by atoms with Gasteiger partial charge in [0.25, 0.3) is 11.5 Å². The molecule has 172 valence electrons. The molecule has 5 rings (SSSR count). The molecular formula is C25H29N5O3. The van der Waals surface area contributed by atoms with Gasteiger partial charge in [0.05, 0.1) is 31.0 Å². The fourth-order valence-electron chi connectivity index (χ4n) is 4.75. The van der Waals surface area contributed by atoms with E-state index >= 15 is 0 Å². The van der Waals surface area contributed by atoms with Crippen LogP contribution in [0.2, 0.25) is 0 Å². The zero-order valence-electron chi connectivity index (χ0n) is 18.7. The van der Waals surface area contributed by atoms with E-state index in [1.165, 1.54) is 0 Å². The summed E-state index contributed by atoms with van der Waals surface area (Å²) in [7, 11) is 0. The number of likely N-dealkylation sites (tertiary alicyclic amines) is 1. The predicted octanol–water partition coefficient (Wildman–Crippen LogP) is 2.15. The number of carbonyl (C=O) groups is 1. The molecule has 33 heavy (non-hydrogen) atoms. The average molecular weight is 448 g/mol. The van der Waals surface area contributed by atoms with Crippen molar-refractivity contribution >= 4 is 16.8 Å². The molecule has 1 fully saturated rings. The van der Waals surface area contributed by atoms with Gasteiger partial charge in [-0.1, -0.05) is 12.5 Å². The maximum absolute atomic E-state index is 12.8. The molecule has 4 heterocycles. The lowest BCUT2D eigenvalue weighted by Crippen LogP contribution is -2.48. The lowest BCUT2D eigenvalue weighted by molar-refractivity contribution is 0.0907. The van der Waals surface area contributed by atoms with Crippen molar-refractivity contribution in [2.45, 2.75) is 44.9 Å². The summed E-state index contributed by atoms with van der Waals surface area (Å²) < 4.78 is 7.01. The smallest absolute Gasteiger partial charge is 0.267 e. The third-order valence-electron chi connectivity index (χ3n) is 6.62. The highest BCUT2D eigenvalue weighted by Crippen LogP contribution is 2.18. The number of piperidine rings is 1. The molecule has 3 aromatic rings. The molecule has 0 aliphatic carbocycles. The highest BCUT2D eigenvalue weighted by molar-refractivity contribution is 5.97. The minimum Gasteiger partial charge on any atom is -0.376 e. The highest BCUT2D eigenvalue weighted by Gasteiger charge is 2.23. The Kier molecular flexibility index (Phi) is 6.46. The molecule has 2 aliphatic rings. The summed E-state index contributed by atoms with van der Waals surface area (Å²) in [5, 5.41) is 8.66. The van der Waals surface area contributed by atoms with E-state index in [1.54, 1.807) is 16.9 Å². The van der Waals surface area contributed by atoms with Crippen LogP contribution in [0.25, 0.3) is 10.9 Å². The fourth-order valence-corrected chi connectivity index (χ4v) is 4.75. The van der Waals surface area contributed by atoms with Gasteiger partial charge in [-0.15, -0.1) is 0 Å². The van der Waals surface area contributed by atoms with Crippen LogP contribution in [0.1, 0.15) is 40.9 Å². The minimum atomic E-state index is -0.0769. The van der Waals surface area contributed by atoms with Crippen molar-refractivity contribution in [1.82, 2.24) is 25.0 Å². The molecule has 8 heteroatoms. The van der Waals surface area contributed by atoms with E-state index in [-0.39, 0.29) is 17.5 Å². The van der Waals surface area contributed by atoms with E-state index in [9.17, 15) is 9.59 Å². The number of hydrogen-bond donors (Lipinski definition) is 1. The van der Waals surface area contributed by atoms with Crippen LogP contribution in [0.5, 0.6) is 0 Å². The Balaban J connectivity index is 1.21. The molecule has 8 nitrogen and oxygen atoms in total. The number of benzene rings is 1. The second kappa shape index (κ2) is 9.80. The summed E-state index contributed by atoms with van der Waals surface area (Å²) >= 11 is 0. The lowest BCUT2D eigenvalue weighted by Gasteiger charge is -2.35. The number of nitrogens with zero attached hydrogens (tertiary/aromatic N) is 4. The molecule has 0 radical (unpaired) electrons. The Morgan fingerprint density at radius 3 is 3.06 bits per heavy atom. The van der Waals surface area contributed by atoms with Crippen molar-refractivity contribution in [3.05, 3.63) is 69.8 Å². The summed E-state index contributed by atoms with van der Waals surface area (Å²) in [6.07, 6.45) is 5.81. The van der Waals surface area contributed by atoms with Crippen LogP contribution in [0.4, 0.5) is 0 Å². The summed E-state index contributed by atoms with van der Waals surface area (Å²) in [5.74, 6) is -0.0685. The Labute approximate surface area is 192 Å². The normalized spacial score (nSPS) is 18.7. The molecule has 1 N–H and O–H groups in total. The molecule has 0 spiro atoms. The van der Waals surface area contributed by atoms with Crippen molar-refractivity contribution < 1.29 is 9.53 Å². The monoisotopic (exact) mass is 447 g/mol. The first-order valence-corrected chi connectivity index (χ1v) is 11.7. The van der Waals surface area contributed by atoms with Gasteiger partial charge in [0.15, 0.2) is 0 Å². The number of hydrogen-bond acceptors (Lipinski definition) is 6. The van der Waals surface area contributed by atoms with Gasteiger partial charge in [0.1, 0.15) is 0 Å². The van der Waals surface area contributed by atoms with E-state index < -0.39 is 0 Å². The Morgan fingerprint density at radius 2 is 2.12 bits per heavy atom. The van der Waals surface area contributed by atoms with Crippen LogP contribution in [-0.4, -0.2) is 57.9 Å². The zero-order chi connectivity index (χ0) is 22.6. The quantitative estimate of drug-likeness (QED) is 0.623. The summed E-state index contributed by atoms with van der Waals surface area (Å²) in [6, 6.07) is 11.3. The number of nitrogens with one attached hydrogen (secondary N) is 1. The van der Waals surface area contributed by atoms with Crippen LogP contribution in [0.15, 0.2) is 47.4 Å². The molecule has 1 atom stereocenters. The van der Waals surface area contributed by atoms with Gasteiger partial charge < -0.3 is 10.1 Å². The molecule has 2 aromatic heterocycles. The Hall–Kier alpha value is -3.10. The number of pyridine rings is 1. The summed E-state index contributed by atoms with van der Waals surface area (Å²) in [6.45, 7) is 3.97. The summed E-state index contributed by atoms with van der Waals surface area (Å²) in [5.41, 5.74) is 3.32. The predicted molar refractivity (Wildman–Crippen MR) is 125 cm³/mol. The Bertz CT molecular complexity index is 1210. The lowest BCUT2D eigenvalue weighted by atomic mass is 10.0. The van der Waals surface area contributed by atoms with Crippen molar-refractivity contribution in [3.8, 4) is 0 Å². The fraction of sp³-hybridized carbons (Fsp3) is 0.440. The number of rotatable bonds is 6. The first-order valence-electron chi connectivity index (χ1n) is 11.7. The standard InChI is InChI=1S/C25H29N5O3/c31-24-15-20-17-33-13-8-23(20)28-30(24)12-11-29-10-2-1-5-21(29)16-27-25(32)19-6-7-22-18(14-19)4-3-9-26-22/h3-4,6-7,9,14-15,21H,1-2,5,8,10-13,16-17H2,(H,27,32). The maximum Gasteiger partial charge on any atom is 0.267 e. The topological polar surface area (TPSA) is 89.4 Å². The van der Waals surface area contributed by atoms with Gasteiger partial charge in [-0.25, -0.2) is 4.68 Å². The largest absolute Gasteiger partial charge is 0.376 e. The number of fused-ring (bicyclic) bond motifs is 2. The van der Waals surface area contributed by atoms with E-state index in [0.717, 1.165) is 60.9 Å². The number of carbonyl (C=O) groups excluding carboxylic acids is 1. The van der Waals surface area contributed by atoms with Gasteiger partial charge >= 0.3 is 0 Å². The minimum absolute atomic E-state index is 0.0685. The van der Waals surface area contributed by atoms with E-state index in [1.807, 2.05) is 30.3 Å². The van der Waals surface area contributed by atoms with Crippen LogP contribution in [0.3, 0.4) is 0 Å². The third-order valence-corrected chi connectivity index (χ3v) is 6.62. The van der Waals surface area contributed by atoms with E-state index in [0.29, 0.717) is 31.9 Å². The molecule has 0 saturated carbocycles. The molecule has 2 aliphatic heterocycles. The van der Waals surface area contributed by atoms with Crippen LogP contribution >= 0.6 is 0 Å². The molecule has 1 unspecified atom stereocenters. The van der Waals surface area contributed by atoms with Gasteiger partial charge in [-0.2, -0.15) is 5.10 Å². The van der Waals surface area contributed by atoms with E-state index in [2.05, 4.69) is 20.3 Å². The maximum atomic E-state index is 12.8. The summed E-state index contributed by atoms with van der Waals surface area (Å²) in [4.78, 5) is 31.9. The van der Waals surface area contributed by atoms with Crippen molar-refractivity contribution in [2.24, 2.45) is 0 Å². The van der Waals surface area contributed by atoms with Gasteiger partial charge in [-0.05, 0) is 43.7 Å². The third kappa shape index (κ3) is 4.96. The van der Waals surface area contributed by atoms with Crippen LogP contribution in [0, 0.1) is 0 Å². The van der Waals surface area contributed by atoms with Crippen molar-refractivity contribution in [1.29, 1.82) is 0 Å². The highest BCUT2D eigenvalue weighted by atomic mass is 16.5. The van der Waals surface area contributed by atoms with Crippen molar-refractivity contribution in [3.63, 3.8) is 0 Å². The SMILES string of the molecule is O=C(NCC1CCCCN1CCn1nc2c(cc1=O)COCC2)c1ccc2ncccc2c1. The first kappa shape index (κ1) is 21.7. The average Bonchev–Trinajstić information content (AvgIpc) is 2.86. The van der Waals surface area contributed by atoms with Gasteiger partial charge in [0, 0.05) is 54.3 Å². The second-order valence-corrected chi connectivity index (χ2v) is 8.79. The number of ether oxygens (including phenoxy) is 1. The number of aromatic nitrogens is 3. The molecule has 1 saturated heterocycles. The van der Waals surface area contributed by atoms with Crippen molar-refractivity contribution in [2.75, 3.05) is 26.2 Å². The number of amides is 1. The van der Waals surface area contributed by atoms with Gasteiger partial charge in [-0.3, -0.25) is 19.5 Å².